The fourth-order valence-corrected chi connectivity index (χ4v) is 3.02. The molecule has 0 bridgehead atoms. The van der Waals surface area contributed by atoms with E-state index in [2.05, 4.69) is 20.8 Å². The maximum absolute atomic E-state index is 11.2. The molecule has 0 heterocycles. The lowest BCUT2D eigenvalue weighted by molar-refractivity contribution is -0.136. The number of carboxylic acids is 1. The van der Waals surface area contributed by atoms with Gasteiger partial charge in [-0.25, -0.2) is 0 Å². The summed E-state index contributed by atoms with van der Waals surface area (Å²) in [4.78, 5) is 11.2. The minimum absolute atomic E-state index is 0.267. The molecule has 1 aromatic rings. The maximum Gasteiger partial charge on any atom is 0.316 e. The Morgan fingerprint density at radius 2 is 1.89 bits per heavy atom. The number of carbonyl (C=O) groups is 1. The molecule has 0 saturated heterocycles. The lowest BCUT2D eigenvalue weighted by Crippen LogP contribution is -2.20. The SMILES string of the molecule is CC(C)(C)CCSC(Cc1ccccc1)C(=O)O. The molecule has 3 heteroatoms. The summed E-state index contributed by atoms with van der Waals surface area (Å²) in [5.74, 6) is 0.186. The number of thioether (sulfide) groups is 1. The molecular weight excluding hydrogens is 244 g/mol. The van der Waals surface area contributed by atoms with Gasteiger partial charge in [0.15, 0.2) is 0 Å². The van der Waals surface area contributed by atoms with Crippen LogP contribution in [-0.4, -0.2) is 22.1 Å². The molecule has 0 radical (unpaired) electrons. The van der Waals surface area contributed by atoms with Gasteiger partial charge in [-0.05, 0) is 29.6 Å². The van der Waals surface area contributed by atoms with E-state index < -0.39 is 5.97 Å². The predicted molar refractivity (Wildman–Crippen MR) is 78.1 cm³/mol. The molecular formula is C15H22O2S. The summed E-state index contributed by atoms with van der Waals surface area (Å²) in [5, 5.41) is 8.90. The first-order valence-corrected chi connectivity index (χ1v) is 7.32. The number of aliphatic carboxylic acids is 1. The number of rotatable bonds is 6. The first-order chi connectivity index (χ1) is 8.38. The molecule has 1 atom stereocenters. The van der Waals surface area contributed by atoms with Crippen molar-refractivity contribution in [1.82, 2.24) is 0 Å². The van der Waals surface area contributed by atoms with Crippen LogP contribution in [0.4, 0.5) is 0 Å². The fourth-order valence-electron chi connectivity index (χ4n) is 1.55. The van der Waals surface area contributed by atoms with Crippen molar-refractivity contribution in [1.29, 1.82) is 0 Å². The van der Waals surface area contributed by atoms with E-state index in [4.69, 9.17) is 0 Å². The Hall–Kier alpha value is -0.960. The van der Waals surface area contributed by atoms with Crippen molar-refractivity contribution in [2.24, 2.45) is 5.41 Å². The minimum Gasteiger partial charge on any atom is -0.480 e. The highest BCUT2D eigenvalue weighted by Crippen LogP contribution is 2.25. The quantitative estimate of drug-likeness (QED) is 0.849. The molecule has 1 N–H and O–H groups in total. The van der Waals surface area contributed by atoms with Gasteiger partial charge >= 0.3 is 5.97 Å². The van der Waals surface area contributed by atoms with E-state index in [0.717, 1.165) is 17.7 Å². The third-order valence-electron chi connectivity index (χ3n) is 2.71. The van der Waals surface area contributed by atoms with Gasteiger partial charge in [0, 0.05) is 0 Å². The molecule has 0 saturated carbocycles. The fraction of sp³-hybridized carbons (Fsp3) is 0.533. The van der Waals surface area contributed by atoms with Gasteiger partial charge in [0.2, 0.25) is 0 Å². The van der Waals surface area contributed by atoms with Crippen LogP contribution < -0.4 is 0 Å². The molecule has 1 aromatic carbocycles. The third-order valence-corrected chi connectivity index (χ3v) is 3.92. The van der Waals surface area contributed by atoms with Gasteiger partial charge in [-0.3, -0.25) is 4.79 Å². The summed E-state index contributed by atoms with van der Waals surface area (Å²) in [7, 11) is 0. The van der Waals surface area contributed by atoms with Crippen LogP contribution in [0.25, 0.3) is 0 Å². The van der Waals surface area contributed by atoms with Crippen molar-refractivity contribution in [3.05, 3.63) is 35.9 Å². The topological polar surface area (TPSA) is 37.3 Å². The summed E-state index contributed by atoms with van der Waals surface area (Å²) < 4.78 is 0. The maximum atomic E-state index is 11.2. The number of hydrogen-bond acceptors (Lipinski definition) is 2. The Morgan fingerprint density at radius 1 is 1.28 bits per heavy atom. The predicted octanol–water partition coefficient (Wildman–Crippen LogP) is 3.85. The van der Waals surface area contributed by atoms with E-state index in [1.165, 1.54) is 0 Å². The Morgan fingerprint density at radius 3 is 2.39 bits per heavy atom. The van der Waals surface area contributed by atoms with Crippen molar-refractivity contribution in [2.75, 3.05) is 5.75 Å². The van der Waals surface area contributed by atoms with Crippen molar-refractivity contribution >= 4 is 17.7 Å². The van der Waals surface area contributed by atoms with E-state index in [-0.39, 0.29) is 10.7 Å². The van der Waals surface area contributed by atoms with Crippen molar-refractivity contribution < 1.29 is 9.90 Å². The Balaban J connectivity index is 2.49. The first-order valence-electron chi connectivity index (χ1n) is 6.27. The molecule has 0 aliphatic rings. The third kappa shape index (κ3) is 6.10. The molecule has 18 heavy (non-hydrogen) atoms. The Bertz CT molecular complexity index is 368. The lowest BCUT2D eigenvalue weighted by Gasteiger charge is -2.19. The highest BCUT2D eigenvalue weighted by molar-refractivity contribution is 8.00. The highest BCUT2D eigenvalue weighted by Gasteiger charge is 2.19. The van der Waals surface area contributed by atoms with Gasteiger partial charge in [0.25, 0.3) is 0 Å². The van der Waals surface area contributed by atoms with Crippen LogP contribution in [0.2, 0.25) is 0 Å². The summed E-state index contributed by atoms with van der Waals surface area (Å²) >= 11 is 1.55. The smallest absolute Gasteiger partial charge is 0.316 e. The Labute approximate surface area is 114 Å². The monoisotopic (exact) mass is 266 g/mol. The molecule has 2 nitrogen and oxygen atoms in total. The van der Waals surface area contributed by atoms with E-state index >= 15 is 0 Å². The zero-order valence-corrected chi connectivity index (χ0v) is 12.2. The van der Waals surface area contributed by atoms with E-state index in [0.29, 0.717) is 6.42 Å². The number of benzene rings is 1. The van der Waals surface area contributed by atoms with E-state index in [1.807, 2.05) is 30.3 Å². The van der Waals surface area contributed by atoms with Crippen LogP contribution in [0.5, 0.6) is 0 Å². The normalized spacial score (nSPS) is 13.3. The van der Waals surface area contributed by atoms with Gasteiger partial charge in [0.05, 0.1) is 0 Å². The molecule has 0 aliphatic carbocycles. The molecule has 0 fully saturated rings. The second-order valence-electron chi connectivity index (χ2n) is 5.70. The molecule has 1 unspecified atom stereocenters. The minimum atomic E-state index is -0.710. The van der Waals surface area contributed by atoms with Gasteiger partial charge in [-0.2, -0.15) is 0 Å². The zero-order chi connectivity index (χ0) is 13.6. The van der Waals surface area contributed by atoms with Crippen molar-refractivity contribution in [3.8, 4) is 0 Å². The van der Waals surface area contributed by atoms with Crippen LogP contribution in [-0.2, 0) is 11.2 Å². The van der Waals surface area contributed by atoms with Gasteiger partial charge in [-0.15, -0.1) is 11.8 Å². The van der Waals surface area contributed by atoms with Crippen molar-refractivity contribution in [3.63, 3.8) is 0 Å². The number of carboxylic acid groups (broad SMARTS) is 1. The highest BCUT2D eigenvalue weighted by atomic mass is 32.2. The largest absolute Gasteiger partial charge is 0.480 e. The molecule has 0 spiro atoms. The van der Waals surface area contributed by atoms with Crippen LogP contribution in [0.1, 0.15) is 32.8 Å². The van der Waals surface area contributed by atoms with Crippen LogP contribution in [0, 0.1) is 5.41 Å². The lowest BCUT2D eigenvalue weighted by atomic mass is 9.94. The zero-order valence-electron chi connectivity index (χ0n) is 11.3. The first kappa shape index (κ1) is 15.1. The second-order valence-corrected chi connectivity index (χ2v) is 7.01. The van der Waals surface area contributed by atoms with E-state index in [1.54, 1.807) is 11.8 Å². The molecule has 1 rings (SSSR count). The van der Waals surface area contributed by atoms with Crippen LogP contribution >= 0.6 is 11.8 Å². The average molecular weight is 266 g/mol. The van der Waals surface area contributed by atoms with Crippen molar-refractivity contribution in [2.45, 2.75) is 38.9 Å². The Kier molecular flexibility index (Phi) is 5.73. The molecule has 0 amide bonds. The summed E-state index contributed by atoms with van der Waals surface area (Å²) in [6, 6.07) is 9.83. The van der Waals surface area contributed by atoms with Gasteiger partial charge < -0.3 is 5.11 Å². The van der Waals surface area contributed by atoms with Crippen LogP contribution in [0.3, 0.4) is 0 Å². The van der Waals surface area contributed by atoms with E-state index in [9.17, 15) is 9.90 Å². The second kappa shape index (κ2) is 6.83. The van der Waals surface area contributed by atoms with Crippen LogP contribution in [0.15, 0.2) is 30.3 Å². The summed E-state index contributed by atoms with van der Waals surface area (Å²) in [5.41, 5.74) is 1.36. The summed E-state index contributed by atoms with van der Waals surface area (Å²) in [6.07, 6.45) is 1.64. The standard InChI is InChI=1S/C15H22O2S/c1-15(2,3)9-10-18-13(14(16)17)11-12-7-5-4-6-8-12/h4-8,13H,9-11H2,1-3H3,(H,16,17). The molecule has 100 valence electrons. The molecule has 0 aliphatic heterocycles. The summed E-state index contributed by atoms with van der Waals surface area (Å²) in [6.45, 7) is 6.54. The number of hydrogen-bond donors (Lipinski definition) is 1. The average Bonchev–Trinajstić information content (AvgIpc) is 2.27. The van der Waals surface area contributed by atoms with Gasteiger partial charge in [-0.1, -0.05) is 51.1 Å². The molecule has 0 aromatic heterocycles. The van der Waals surface area contributed by atoms with Gasteiger partial charge in [0.1, 0.15) is 5.25 Å².